The molecule has 0 atom stereocenters. The van der Waals surface area contributed by atoms with E-state index in [1.165, 1.54) is 5.56 Å². The highest BCUT2D eigenvalue weighted by Gasteiger charge is 2.20. The van der Waals surface area contributed by atoms with E-state index >= 15 is 0 Å². The van der Waals surface area contributed by atoms with Crippen LogP contribution in [-0.2, 0) is 5.41 Å². The van der Waals surface area contributed by atoms with Gasteiger partial charge in [0.1, 0.15) is 11.4 Å². The van der Waals surface area contributed by atoms with Crippen LogP contribution in [0.1, 0.15) is 66.4 Å². The quantitative estimate of drug-likeness (QED) is 0.661. The Labute approximate surface area is 113 Å². The molecule has 0 N–H and O–H groups in total. The summed E-state index contributed by atoms with van der Waals surface area (Å²) in [7, 11) is 0. The zero-order valence-electron chi connectivity index (χ0n) is 12.8. The fraction of sp³-hybridized carbons (Fsp3) is 0.647. The summed E-state index contributed by atoms with van der Waals surface area (Å²) < 4.78 is 6.04. The summed E-state index contributed by atoms with van der Waals surface area (Å²) in [5, 5.41) is 0. The van der Waals surface area contributed by atoms with Crippen LogP contribution >= 0.6 is 0 Å². The third-order valence-corrected chi connectivity index (χ3v) is 3.77. The van der Waals surface area contributed by atoms with Gasteiger partial charge in [0.15, 0.2) is 0 Å². The minimum atomic E-state index is -0.0729. The van der Waals surface area contributed by atoms with Gasteiger partial charge in [-0.1, -0.05) is 46.2 Å². The summed E-state index contributed by atoms with van der Waals surface area (Å²) >= 11 is 0. The van der Waals surface area contributed by atoms with Gasteiger partial charge >= 0.3 is 0 Å². The molecular weight excluding hydrogens is 220 g/mol. The first-order valence-electron chi connectivity index (χ1n) is 7.10. The first kappa shape index (κ1) is 15.1. The van der Waals surface area contributed by atoms with Crippen molar-refractivity contribution in [3.8, 4) is 5.75 Å². The molecule has 0 aliphatic rings. The standard InChI is InChI=1S/C17H28O/c1-7-13-17(5,6)18-15-11-9-14(10-12-15)16(3,4)8-2/h9-12H,7-8,13H2,1-6H3. The second-order valence-electron chi connectivity index (χ2n) is 6.37. The molecule has 0 fully saturated rings. The van der Waals surface area contributed by atoms with E-state index in [0.29, 0.717) is 0 Å². The molecule has 1 heteroatoms. The first-order valence-corrected chi connectivity index (χ1v) is 7.10. The van der Waals surface area contributed by atoms with E-state index in [2.05, 4.69) is 65.8 Å². The van der Waals surface area contributed by atoms with Gasteiger partial charge in [-0.05, 0) is 49.8 Å². The van der Waals surface area contributed by atoms with Crippen LogP contribution in [-0.4, -0.2) is 5.60 Å². The molecule has 0 aromatic heterocycles. The molecule has 0 saturated heterocycles. The smallest absolute Gasteiger partial charge is 0.120 e. The molecule has 1 aromatic rings. The predicted molar refractivity (Wildman–Crippen MR) is 79.4 cm³/mol. The lowest BCUT2D eigenvalue weighted by Crippen LogP contribution is -2.27. The zero-order chi connectivity index (χ0) is 13.8. The Morgan fingerprint density at radius 3 is 1.94 bits per heavy atom. The van der Waals surface area contributed by atoms with Crippen LogP contribution in [0.4, 0.5) is 0 Å². The third kappa shape index (κ3) is 4.04. The Morgan fingerprint density at radius 2 is 1.50 bits per heavy atom. The van der Waals surface area contributed by atoms with Crippen molar-refractivity contribution in [2.24, 2.45) is 0 Å². The van der Waals surface area contributed by atoms with Crippen LogP contribution in [0.2, 0.25) is 0 Å². The van der Waals surface area contributed by atoms with Crippen LogP contribution in [0, 0.1) is 0 Å². The van der Waals surface area contributed by atoms with Crippen molar-refractivity contribution in [2.45, 2.75) is 71.8 Å². The van der Waals surface area contributed by atoms with Gasteiger partial charge in [0.25, 0.3) is 0 Å². The number of rotatable bonds is 6. The molecule has 1 aromatic carbocycles. The molecule has 0 aliphatic heterocycles. The minimum absolute atomic E-state index is 0.0729. The normalized spacial score (nSPS) is 12.6. The molecule has 0 aliphatic carbocycles. The number of benzene rings is 1. The number of hydrogen-bond donors (Lipinski definition) is 0. The molecule has 0 heterocycles. The van der Waals surface area contributed by atoms with Gasteiger partial charge in [-0.25, -0.2) is 0 Å². The van der Waals surface area contributed by atoms with Gasteiger partial charge in [-0.2, -0.15) is 0 Å². The Balaban J connectivity index is 2.78. The van der Waals surface area contributed by atoms with Crippen molar-refractivity contribution >= 4 is 0 Å². The monoisotopic (exact) mass is 248 g/mol. The fourth-order valence-corrected chi connectivity index (χ4v) is 2.15. The molecule has 0 unspecified atom stereocenters. The average Bonchev–Trinajstić information content (AvgIpc) is 2.29. The van der Waals surface area contributed by atoms with E-state index in [4.69, 9.17) is 4.74 Å². The van der Waals surface area contributed by atoms with Gasteiger partial charge < -0.3 is 4.74 Å². The summed E-state index contributed by atoms with van der Waals surface area (Å²) in [6, 6.07) is 8.59. The second kappa shape index (κ2) is 5.77. The molecular formula is C17H28O. The summed E-state index contributed by atoms with van der Waals surface area (Å²) in [5.41, 5.74) is 1.55. The van der Waals surface area contributed by atoms with Crippen molar-refractivity contribution in [1.82, 2.24) is 0 Å². The van der Waals surface area contributed by atoms with Gasteiger partial charge in [0.05, 0.1) is 0 Å². The van der Waals surface area contributed by atoms with Crippen LogP contribution in [0.15, 0.2) is 24.3 Å². The molecule has 1 rings (SSSR count). The maximum Gasteiger partial charge on any atom is 0.120 e. The van der Waals surface area contributed by atoms with Crippen molar-refractivity contribution in [3.05, 3.63) is 29.8 Å². The first-order chi connectivity index (χ1) is 8.30. The Kier molecular flexibility index (Phi) is 4.84. The molecule has 1 nitrogen and oxygen atoms in total. The van der Waals surface area contributed by atoms with Gasteiger partial charge in [0, 0.05) is 0 Å². The third-order valence-electron chi connectivity index (χ3n) is 3.77. The molecule has 0 amide bonds. The van der Waals surface area contributed by atoms with Crippen LogP contribution in [0.25, 0.3) is 0 Å². The lowest BCUT2D eigenvalue weighted by atomic mass is 9.82. The highest BCUT2D eigenvalue weighted by Crippen LogP contribution is 2.29. The fourth-order valence-electron chi connectivity index (χ4n) is 2.15. The number of ether oxygens (including phenoxy) is 1. The van der Waals surface area contributed by atoms with E-state index in [0.717, 1.165) is 25.0 Å². The Bertz CT molecular complexity index is 360. The largest absolute Gasteiger partial charge is 0.488 e. The van der Waals surface area contributed by atoms with E-state index in [9.17, 15) is 0 Å². The molecule has 0 bridgehead atoms. The average molecular weight is 248 g/mol. The maximum atomic E-state index is 6.04. The van der Waals surface area contributed by atoms with E-state index in [1.54, 1.807) is 0 Å². The van der Waals surface area contributed by atoms with E-state index in [1.807, 2.05) is 0 Å². The lowest BCUT2D eigenvalue weighted by Gasteiger charge is -2.27. The molecule has 18 heavy (non-hydrogen) atoms. The van der Waals surface area contributed by atoms with Crippen LogP contribution in [0.3, 0.4) is 0 Å². The van der Waals surface area contributed by atoms with Crippen molar-refractivity contribution in [2.75, 3.05) is 0 Å². The van der Waals surface area contributed by atoms with Gasteiger partial charge in [-0.15, -0.1) is 0 Å². The minimum Gasteiger partial charge on any atom is -0.488 e. The highest BCUT2D eigenvalue weighted by molar-refractivity contribution is 5.31. The van der Waals surface area contributed by atoms with Crippen molar-refractivity contribution < 1.29 is 4.74 Å². The lowest BCUT2D eigenvalue weighted by molar-refractivity contribution is 0.0985. The SMILES string of the molecule is CCCC(C)(C)Oc1ccc(C(C)(C)CC)cc1. The van der Waals surface area contributed by atoms with Crippen molar-refractivity contribution in [1.29, 1.82) is 0 Å². The van der Waals surface area contributed by atoms with E-state index < -0.39 is 0 Å². The molecule has 0 spiro atoms. The predicted octanol–water partition coefficient (Wildman–Crippen LogP) is 5.33. The zero-order valence-corrected chi connectivity index (χ0v) is 12.8. The Hall–Kier alpha value is -0.980. The molecule has 102 valence electrons. The van der Waals surface area contributed by atoms with Crippen LogP contribution < -0.4 is 4.74 Å². The van der Waals surface area contributed by atoms with Crippen molar-refractivity contribution in [3.63, 3.8) is 0 Å². The summed E-state index contributed by atoms with van der Waals surface area (Å²) in [6.07, 6.45) is 3.37. The van der Waals surface area contributed by atoms with Gasteiger partial charge in [-0.3, -0.25) is 0 Å². The topological polar surface area (TPSA) is 9.23 Å². The summed E-state index contributed by atoms with van der Waals surface area (Å²) in [6.45, 7) is 13.3. The highest BCUT2D eigenvalue weighted by atomic mass is 16.5. The number of hydrogen-bond acceptors (Lipinski definition) is 1. The molecule has 0 radical (unpaired) electrons. The van der Waals surface area contributed by atoms with Gasteiger partial charge in [0.2, 0.25) is 0 Å². The second-order valence-corrected chi connectivity index (χ2v) is 6.37. The van der Waals surface area contributed by atoms with Crippen LogP contribution in [0.5, 0.6) is 5.75 Å². The summed E-state index contributed by atoms with van der Waals surface area (Å²) in [5.74, 6) is 0.976. The molecule has 0 saturated carbocycles. The van der Waals surface area contributed by atoms with E-state index in [-0.39, 0.29) is 11.0 Å². The summed E-state index contributed by atoms with van der Waals surface area (Å²) in [4.78, 5) is 0. The maximum absolute atomic E-state index is 6.04. The Morgan fingerprint density at radius 1 is 0.944 bits per heavy atom.